The van der Waals surface area contributed by atoms with Crippen LogP contribution in [-0.4, -0.2) is 27.5 Å². The molecular formula is C19H22N2O4S. The minimum Gasteiger partial charge on any atom is -0.495 e. The molecule has 26 heavy (non-hydrogen) atoms. The summed E-state index contributed by atoms with van der Waals surface area (Å²) in [5.41, 5.74) is 0.926. The van der Waals surface area contributed by atoms with Crippen LogP contribution in [0.3, 0.4) is 0 Å². The van der Waals surface area contributed by atoms with E-state index in [1.54, 1.807) is 18.2 Å². The van der Waals surface area contributed by atoms with Crippen LogP contribution in [0.2, 0.25) is 0 Å². The first-order valence-corrected chi connectivity index (χ1v) is 10.0. The molecule has 138 valence electrons. The average molecular weight is 374 g/mol. The van der Waals surface area contributed by atoms with E-state index >= 15 is 0 Å². The fourth-order valence-electron chi connectivity index (χ4n) is 3.06. The Kier molecular flexibility index (Phi) is 5.58. The lowest BCUT2D eigenvalue weighted by Crippen LogP contribution is -2.32. The van der Waals surface area contributed by atoms with Crippen molar-refractivity contribution in [1.29, 1.82) is 0 Å². The number of methoxy groups -OCH3 is 1. The van der Waals surface area contributed by atoms with Crippen LogP contribution in [0.1, 0.15) is 36.0 Å². The second-order valence-corrected chi connectivity index (χ2v) is 8.00. The highest BCUT2D eigenvalue weighted by atomic mass is 32.2. The van der Waals surface area contributed by atoms with Gasteiger partial charge in [-0.2, -0.15) is 0 Å². The molecule has 0 spiro atoms. The summed E-state index contributed by atoms with van der Waals surface area (Å²) in [5, 5.41) is 2.77. The van der Waals surface area contributed by atoms with E-state index in [1.165, 1.54) is 31.4 Å². The van der Waals surface area contributed by atoms with Gasteiger partial charge in [0.15, 0.2) is 0 Å². The van der Waals surface area contributed by atoms with Crippen molar-refractivity contribution in [1.82, 2.24) is 4.72 Å². The maximum Gasteiger partial charge on any atom is 0.255 e. The molecule has 1 amide bonds. The molecule has 0 unspecified atom stereocenters. The summed E-state index contributed by atoms with van der Waals surface area (Å²) >= 11 is 0. The van der Waals surface area contributed by atoms with Gasteiger partial charge in [-0.15, -0.1) is 0 Å². The molecule has 2 aromatic rings. The minimum absolute atomic E-state index is 0.00789. The van der Waals surface area contributed by atoms with Gasteiger partial charge in [-0.25, -0.2) is 13.1 Å². The molecule has 6 nitrogen and oxygen atoms in total. The second-order valence-electron chi connectivity index (χ2n) is 6.28. The van der Waals surface area contributed by atoms with E-state index in [0.29, 0.717) is 17.0 Å². The molecule has 3 rings (SSSR count). The van der Waals surface area contributed by atoms with Gasteiger partial charge in [-0.05, 0) is 49.2 Å². The summed E-state index contributed by atoms with van der Waals surface area (Å²) in [5.74, 6) is 0.225. The first-order valence-electron chi connectivity index (χ1n) is 8.56. The van der Waals surface area contributed by atoms with Crippen molar-refractivity contribution >= 4 is 21.6 Å². The first-order chi connectivity index (χ1) is 12.5. The normalized spacial score (nSPS) is 15.0. The summed E-state index contributed by atoms with van der Waals surface area (Å²) in [6.07, 6.45) is 3.85. The number of nitrogens with one attached hydrogen (secondary N) is 2. The SMILES string of the molecule is COc1ccccc1NC(=O)c1ccc(S(=O)(=O)NC2CCCC2)cc1. The largest absolute Gasteiger partial charge is 0.495 e. The van der Waals surface area contributed by atoms with Crippen molar-refractivity contribution in [2.45, 2.75) is 36.6 Å². The second kappa shape index (κ2) is 7.88. The van der Waals surface area contributed by atoms with Crippen LogP contribution in [0.4, 0.5) is 5.69 Å². The van der Waals surface area contributed by atoms with E-state index in [-0.39, 0.29) is 16.8 Å². The van der Waals surface area contributed by atoms with E-state index < -0.39 is 10.0 Å². The zero-order chi connectivity index (χ0) is 18.6. The lowest BCUT2D eigenvalue weighted by atomic mass is 10.2. The average Bonchev–Trinajstić information content (AvgIpc) is 3.14. The summed E-state index contributed by atoms with van der Waals surface area (Å²) in [7, 11) is -2.03. The molecule has 1 aliphatic carbocycles. The fraction of sp³-hybridized carbons (Fsp3) is 0.316. The highest BCUT2D eigenvalue weighted by molar-refractivity contribution is 7.89. The number of ether oxygens (including phenoxy) is 1. The van der Waals surface area contributed by atoms with Crippen LogP contribution < -0.4 is 14.8 Å². The summed E-state index contributed by atoms with van der Waals surface area (Å²) in [6.45, 7) is 0. The number of carbonyl (C=O) groups excluding carboxylic acids is 1. The Morgan fingerprint density at radius 2 is 1.69 bits per heavy atom. The number of amides is 1. The van der Waals surface area contributed by atoms with Crippen LogP contribution in [0.25, 0.3) is 0 Å². The summed E-state index contributed by atoms with van der Waals surface area (Å²) in [6, 6.07) is 13.0. The number of para-hydroxylation sites is 2. The van der Waals surface area contributed by atoms with Crippen LogP contribution in [-0.2, 0) is 10.0 Å². The molecule has 0 aromatic heterocycles. The molecule has 2 aromatic carbocycles. The maximum absolute atomic E-state index is 12.4. The Morgan fingerprint density at radius 1 is 1.04 bits per heavy atom. The zero-order valence-corrected chi connectivity index (χ0v) is 15.4. The van der Waals surface area contributed by atoms with E-state index in [2.05, 4.69) is 10.0 Å². The molecule has 2 N–H and O–H groups in total. The third-order valence-corrected chi connectivity index (χ3v) is 6.00. The molecular weight excluding hydrogens is 352 g/mol. The number of carbonyl (C=O) groups is 1. The summed E-state index contributed by atoms with van der Waals surface area (Å²) < 4.78 is 32.8. The number of hydrogen-bond acceptors (Lipinski definition) is 4. The van der Waals surface area contributed by atoms with Crippen LogP contribution >= 0.6 is 0 Å². The van der Waals surface area contributed by atoms with Gasteiger partial charge >= 0.3 is 0 Å². The molecule has 1 saturated carbocycles. The van der Waals surface area contributed by atoms with E-state index in [0.717, 1.165) is 25.7 Å². The standard InChI is InChI=1S/C19H22N2O4S/c1-25-18-9-5-4-8-17(18)20-19(22)14-10-12-16(13-11-14)26(23,24)21-15-6-2-3-7-15/h4-5,8-13,15,21H,2-3,6-7H2,1H3,(H,20,22). The Labute approximate surface area is 153 Å². The molecule has 1 aliphatic rings. The molecule has 0 aliphatic heterocycles. The van der Waals surface area contributed by atoms with Crippen LogP contribution in [0.5, 0.6) is 5.75 Å². The quantitative estimate of drug-likeness (QED) is 0.813. The van der Waals surface area contributed by atoms with Crippen molar-refractivity contribution in [2.75, 3.05) is 12.4 Å². The third-order valence-electron chi connectivity index (χ3n) is 4.46. The van der Waals surface area contributed by atoms with Gasteiger partial charge in [0.05, 0.1) is 17.7 Å². The Bertz CT molecular complexity index is 873. The molecule has 0 bridgehead atoms. The molecule has 0 atom stereocenters. The smallest absolute Gasteiger partial charge is 0.255 e. The lowest BCUT2D eigenvalue weighted by Gasteiger charge is -2.13. The van der Waals surface area contributed by atoms with Crippen molar-refractivity contribution < 1.29 is 17.9 Å². The van der Waals surface area contributed by atoms with Gasteiger partial charge in [0.2, 0.25) is 10.0 Å². The van der Waals surface area contributed by atoms with Crippen LogP contribution in [0.15, 0.2) is 53.4 Å². The number of rotatable bonds is 6. The molecule has 0 saturated heterocycles. The summed E-state index contributed by atoms with van der Waals surface area (Å²) in [4.78, 5) is 12.6. The lowest BCUT2D eigenvalue weighted by molar-refractivity contribution is 0.102. The van der Waals surface area contributed by atoms with E-state index in [1.807, 2.05) is 6.07 Å². The zero-order valence-electron chi connectivity index (χ0n) is 14.6. The van der Waals surface area contributed by atoms with Crippen LogP contribution in [0, 0.1) is 0 Å². The van der Waals surface area contributed by atoms with E-state index in [9.17, 15) is 13.2 Å². The molecule has 7 heteroatoms. The Morgan fingerprint density at radius 3 is 2.35 bits per heavy atom. The Hall–Kier alpha value is -2.38. The fourth-order valence-corrected chi connectivity index (χ4v) is 4.36. The van der Waals surface area contributed by atoms with Gasteiger partial charge in [0.25, 0.3) is 5.91 Å². The molecule has 0 radical (unpaired) electrons. The minimum atomic E-state index is -3.56. The van der Waals surface area contributed by atoms with E-state index in [4.69, 9.17) is 4.74 Å². The highest BCUT2D eigenvalue weighted by Crippen LogP contribution is 2.24. The van der Waals surface area contributed by atoms with Crippen molar-refractivity contribution in [3.63, 3.8) is 0 Å². The molecule has 0 heterocycles. The number of hydrogen-bond donors (Lipinski definition) is 2. The molecule has 1 fully saturated rings. The first kappa shape index (κ1) is 18.4. The third kappa shape index (κ3) is 4.23. The van der Waals surface area contributed by atoms with Crippen molar-refractivity contribution in [3.8, 4) is 5.75 Å². The Balaban J connectivity index is 1.71. The highest BCUT2D eigenvalue weighted by Gasteiger charge is 2.23. The van der Waals surface area contributed by atoms with Crippen molar-refractivity contribution in [2.24, 2.45) is 0 Å². The monoisotopic (exact) mass is 374 g/mol. The van der Waals surface area contributed by atoms with Gasteiger partial charge in [0.1, 0.15) is 5.75 Å². The predicted octanol–water partition coefficient (Wildman–Crippen LogP) is 3.17. The van der Waals surface area contributed by atoms with Gasteiger partial charge in [0, 0.05) is 11.6 Å². The predicted molar refractivity (Wildman–Crippen MR) is 100.0 cm³/mol. The maximum atomic E-state index is 12.4. The number of sulfonamides is 1. The number of benzene rings is 2. The van der Waals surface area contributed by atoms with Gasteiger partial charge in [-0.1, -0.05) is 25.0 Å². The topological polar surface area (TPSA) is 84.5 Å². The van der Waals surface area contributed by atoms with Gasteiger partial charge < -0.3 is 10.1 Å². The van der Waals surface area contributed by atoms with Gasteiger partial charge in [-0.3, -0.25) is 4.79 Å². The number of anilines is 1. The van der Waals surface area contributed by atoms with Crippen molar-refractivity contribution in [3.05, 3.63) is 54.1 Å².